The molecule has 0 unspecified atom stereocenters. The molecule has 0 aromatic heterocycles. The van der Waals surface area contributed by atoms with Gasteiger partial charge in [-0.3, -0.25) is 4.79 Å². The summed E-state index contributed by atoms with van der Waals surface area (Å²) >= 11 is 7.44. The minimum atomic E-state index is 0.130. The van der Waals surface area contributed by atoms with Crippen LogP contribution in [-0.4, -0.2) is 18.2 Å². The van der Waals surface area contributed by atoms with Crippen LogP contribution in [0.2, 0.25) is 5.02 Å². The monoisotopic (exact) mass is 285 g/mol. The van der Waals surface area contributed by atoms with Gasteiger partial charge in [0.25, 0.3) is 0 Å². The number of amides is 1. The number of carbonyl (C=O) groups is 1. The van der Waals surface area contributed by atoms with Gasteiger partial charge in [0, 0.05) is 17.3 Å². The number of nitrogens with one attached hydrogen (secondary N) is 1. The second-order valence-electron chi connectivity index (χ2n) is 4.18. The number of halogens is 1. The van der Waals surface area contributed by atoms with E-state index in [1.165, 1.54) is 18.4 Å². The van der Waals surface area contributed by atoms with E-state index in [1.807, 2.05) is 24.3 Å². The van der Waals surface area contributed by atoms with Crippen LogP contribution in [0.1, 0.15) is 31.7 Å². The molecule has 0 aliphatic heterocycles. The standard InChI is InChI=1S/C14H20ClNOS/c1-2-3-4-9-16-14(17)11-18-10-12-5-7-13(15)8-6-12/h5-8H,2-4,9-11H2,1H3,(H,16,17). The normalized spacial score (nSPS) is 10.3. The molecular weight excluding hydrogens is 266 g/mol. The molecule has 0 fully saturated rings. The summed E-state index contributed by atoms with van der Waals surface area (Å²) in [6, 6.07) is 7.74. The van der Waals surface area contributed by atoms with Gasteiger partial charge in [-0.2, -0.15) is 0 Å². The molecule has 1 rings (SSSR count). The van der Waals surface area contributed by atoms with Gasteiger partial charge in [-0.15, -0.1) is 11.8 Å². The van der Waals surface area contributed by atoms with Crippen molar-refractivity contribution >= 4 is 29.3 Å². The van der Waals surface area contributed by atoms with Crippen LogP contribution in [0.5, 0.6) is 0 Å². The smallest absolute Gasteiger partial charge is 0.230 e. The Morgan fingerprint density at radius 1 is 1.28 bits per heavy atom. The second kappa shape index (κ2) is 9.29. The maximum absolute atomic E-state index is 11.5. The van der Waals surface area contributed by atoms with Crippen LogP contribution in [-0.2, 0) is 10.5 Å². The number of carbonyl (C=O) groups excluding carboxylic acids is 1. The summed E-state index contributed by atoms with van der Waals surface area (Å²) in [7, 11) is 0. The third-order valence-electron chi connectivity index (χ3n) is 2.52. The fourth-order valence-corrected chi connectivity index (χ4v) is 2.44. The van der Waals surface area contributed by atoms with Crippen molar-refractivity contribution in [3.8, 4) is 0 Å². The Balaban J connectivity index is 2.10. The van der Waals surface area contributed by atoms with Crippen molar-refractivity contribution in [1.29, 1.82) is 0 Å². The van der Waals surface area contributed by atoms with Crippen LogP contribution in [0.15, 0.2) is 24.3 Å². The van der Waals surface area contributed by atoms with E-state index < -0.39 is 0 Å². The predicted octanol–water partition coefficient (Wildman–Crippen LogP) is 3.88. The van der Waals surface area contributed by atoms with Gasteiger partial charge in [0.15, 0.2) is 0 Å². The van der Waals surface area contributed by atoms with Crippen LogP contribution in [0, 0.1) is 0 Å². The Kier molecular flexibility index (Phi) is 7.94. The molecule has 0 radical (unpaired) electrons. The number of benzene rings is 1. The third kappa shape index (κ3) is 6.92. The summed E-state index contributed by atoms with van der Waals surface area (Å²) in [6.45, 7) is 2.96. The fourth-order valence-electron chi connectivity index (χ4n) is 1.50. The minimum absolute atomic E-state index is 0.130. The van der Waals surface area contributed by atoms with Gasteiger partial charge in [-0.25, -0.2) is 0 Å². The molecule has 18 heavy (non-hydrogen) atoms. The summed E-state index contributed by atoms with van der Waals surface area (Å²) < 4.78 is 0. The zero-order valence-corrected chi connectivity index (χ0v) is 12.3. The van der Waals surface area contributed by atoms with Crippen molar-refractivity contribution in [2.24, 2.45) is 0 Å². The average molecular weight is 286 g/mol. The first kappa shape index (κ1) is 15.4. The van der Waals surface area contributed by atoms with Gasteiger partial charge in [-0.05, 0) is 24.1 Å². The zero-order chi connectivity index (χ0) is 13.2. The Hall–Kier alpha value is -0.670. The number of thioether (sulfide) groups is 1. The number of unbranched alkanes of at least 4 members (excludes halogenated alkanes) is 2. The van der Waals surface area contributed by atoms with E-state index in [-0.39, 0.29) is 5.91 Å². The van der Waals surface area contributed by atoms with E-state index in [0.717, 1.165) is 23.7 Å². The Morgan fingerprint density at radius 3 is 2.67 bits per heavy atom. The topological polar surface area (TPSA) is 29.1 Å². The van der Waals surface area contributed by atoms with Crippen molar-refractivity contribution in [2.75, 3.05) is 12.3 Å². The van der Waals surface area contributed by atoms with Gasteiger partial charge in [0.2, 0.25) is 5.91 Å². The molecule has 2 nitrogen and oxygen atoms in total. The maximum atomic E-state index is 11.5. The number of hydrogen-bond donors (Lipinski definition) is 1. The van der Waals surface area contributed by atoms with E-state index in [4.69, 9.17) is 11.6 Å². The molecule has 0 aliphatic carbocycles. The minimum Gasteiger partial charge on any atom is -0.355 e. The van der Waals surface area contributed by atoms with Gasteiger partial charge < -0.3 is 5.32 Å². The van der Waals surface area contributed by atoms with Gasteiger partial charge in [0.05, 0.1) is 5.75 Å². The molecule has 1 N–H and O–H groups in total. The summed E-state index contributed by atoms with van der Waals surface area (Å²) in [6.07, 6.45) is 3.43. The zero-order valence-electron chi connectivity index (χ0n) is 10.7. The van der Waals surface area contributed by atoms with E-state index in [9.17, 15) is 4.79 Å². The van der Waals surface area contributed by atoms with E-state index in [0.29, 0.717) is 5.75 Å². The molecule has 0 heterocycles. The number of rotatable bonds is 8. The van der Waals surface area contributed by atoms with Crippen molar-refractivity contribution in [3.05, 3.63) is 34.9 Å². The van der Waals surface area contributed by atoms with Gasteiger partial charge in [0.1, 0.15) is 0 Å². The van der Waals surface area contributed by atoms with Crippen LogP contribution in [0.25, 0.3) is 0 Å². The molecule has 0 atom stereocenters. The Bertz CT molecular complexity index is 353. The molecule has 100 valence electrons. The predicted molar refractivity (Wildman–Crippen MR) is 80.1 cm³/mol. The SMILES string of the molecule is CCCCCNC(=O)CSCc1ccc(Cl)cc1. The van der Waals surface area contributed by atoms with Crippen LogP contribution in [0.4, 0.5) is 0 Å². The van der Waals surface area contributed by atoms with Crippen LogP contribution >= 0.6 is 23.4 Å². The van der Waals surface area contributed by atoms with Gasteiger partial charge >= 0.3 is 0 Å². The molecule has 0 spiro atoms. The van der Waals surface area contributed by atoms with Crippen molar-refractivity contribution in [1.82, 2.24) is 5.32 Å². The van der Waals surface area contributed by atoms with Crippen molar-refractivity contribution in [3.63, 3.8) is 0 Å². The highest BCUT2D eigenvalue weighted by atomic mass is 35.5. The lowest BCUT2D eigenvalue weighted by Crippen LogP contribution is -2.26. The van der Waals surface area contributed by atoms with Gasteiger partial charge in [-0.1, -0.05) is 43.5 Å². The lowest BCUT2D eigenvalue weighted by molar-refractivity contribution is -0.118. The molecule has 1 amide bonds. The second-order valence-corrected chi connectivity index (χ2v) is 5.60. The molecule has 1 aromatic rings. The highest BCUT2D eigenvalue weighted by Gasteiger charge is 2.01. The largest absolute Gasteiger partial charge is 0.355 e. The summed E-state index contributed by atoms with van der Waals surface area (Å²) in [5.74, 6) is 1.50. The molecule has 0 saturated carbocycles. The van der Waals surface area contributed by atoms with E-state index in [2.05, 4.69) is 12.2 Å². The molecule has 0 aliphatic rings. The quantitative estimate of drug-likeness (QED) is 0.735. The highest BCUT2D eigenvalue weighted by Crippen LogP contribution is 2.15. The Labute approximate surface area is 118 Å². The van der Waals surface area contributed by atoms with Crippen molar-refractivity contribution in [2.45, 2.75) is 31.9 Å². The van der Waals surface area contributed by atoms with Crippen LogP contribution < -0.4 is 5.32 Å². The highest BCUT2D eigenvalue weighted by molar-refractivity contribution is 7.99. The third-order valence-corrected chi connectivity index (χ3v) is 3.77. The first-order valence-corrected chi connectivity index (χ1v) is 7.84. The summed E-state index contributed by atoms with van der Waals surface area (Å²) in [5, 5.41) is 3.68. The number of hydrogen-bond acceptors (Lipinski definition) is 2. The molecule has 1 aromatic carbocycles. The van der Waals surface area contributed by atoms with Crippen molar-refractivity contribution < 1.29 is 4.79 Å². The maximum Gasteiger partial charge on any atom is 0.230 e. The lowest BCUT2D eigenvalue weighted by Gasteiger charge is -2.05. The fraction of sp³-hybridized carbons (Fsp3) is 0.500. The molecule has 4 heteroatoms. The Morgan fingerprint density at radius 2 is 2.00 bits per heavy atom. The van der Waals surface area contributed by atoms with E-state index >= 15 is 0 Å². The average Bonchev–Trinajstić information content (AvgIpc) is 2.37. The summed E-state index contributed by atoms with van der Waals surface area (Å²) in [5.41, 5.74) is 1.20. The molecule has 0 bridgehead atoms. The molecule has 0 saturated heterocycles. The first-order valence-electron chi connectivity index (χ1n) is 6.31. The van der Waals surface area contributed by atoms with E-state index in [1.54, 1.807) is 11.8 Å². The van der Waals surface area contributed by atoms with Crippen LogP contribution in [0.3, 0.4) is 0 Å². The molecular formula is C14H20ClNOS. The lowest BCUT2D eigenvalue weighted by atomic mass is 10.2. The summed E-state index contributed by atoms with van der Waals surface area (Å²) in [4.78, 5) is 11.5. The first-order chi connectivity index (χ1) is 8.72.